The first-order valence-corrected chi connectivity index (χ1v) is 6.76. The minimum atomic E-state index is -0.407. The van der Waals surface area contributed by atoms with E-state index in [1.165, 1.54) is 6.07 Å². The number of rotatable bonds is 3. The summed E-state index contributed by atoms with van der Waals surface area (Å²) >= 11 is 3.42. The molecular formula is C15H15BrFNO. The Balaban J connectivity index is 2.40. The van der Waals surface area contributed by atoms with E-state index in [1.807, 2.05) is 19.1 Å². The fourth-order valence-corrected chi connectivity index (χ4v) is 2.04. The molecule has 2 rings (SSSR count). The zero-order valence-electron chi connectivity index (χ0n) is 10.8. The first-order valence-electron chi connectivity index (χ1n) is 5.97. The molecule has 4 heteroatoms. The van der Waals surface area contributed by atoms with Crippen LogP contribution in [-0.2, 0) is 0 Å². The summed E-state index contributed by atoms with van der Waals surface area (Å²) < 4.78 is 20.5. The average molecular weight is 324 g/mol. The van der Waals surface area contributed by atoms with Gasteiger partial charge in [-0.15, -0.1) is 0 Å². The molecule has 0 aliphatic heterocycles. The van der Waals surface area contributed by atoms with Gasteiger partial charge in [-0.3, -0.25) is 0 Å². The van der Waals surface area contributed by atoms with Crippen molar-refractivity contribution in [1.29, 1.82) is 0 Å². The third-order valence-corrected chi connectivity index (χ3v) is 3.73. The van der Waals surface area contributed by atoms with Gasteiger partial charge in [-0.1, -0.05) is 28.1 Å². The number of aryl methyl sites for hydroxylation is 1. The van der Waals surface area contributed by atoms with E-state index in [4.69, 9.17) is 10.5 Å². The molecule has 0 aliphatic carbocycles. The molecule has 0 fully saturated rings. The van der Waals surface area contributed by atoms with Crippen molar-refractivity contribution in [3.8, 4) is 11.5 Å². The van der Waals surface area contributed by atoms with Crippen LogP contribution in [0, 0.1) is 12.7 Å². The average Bonchev–Trinajstić information content (AvgIpc) is 2.36. The minimum Gasteiger partial charge on any atom is -0.454 e. The smallest absolute Gasteiger partial charge is 0.167 e. The van der Waals surface area contributed by atoms with Crippen LogP contribution in [0.1, 0.15) is 24.1 Å². The Bertz CT molecular complexity index is 599. The Kier molecular flexibility index (Phi) is 4.22. The number of ether oxygens (including phenoxy) is 1. The zero-order chi connectivity index (χ0) is 14.0. The molecule has 0 saturated carbocycles. The van der Waals surface area contributed by atoms with Crippen LogP contribution in [0.15, 0.2) is 40.9 Å². The van der Waals surface area contributed by atoms with Crippen LogP contribution in [0.4, 0.5) is 4.39 Å². The first kappa shape index (κ1) is 14.0. The van der Waals surface area contributed by atoms with Gasteiger partial charge in [-0.2, -0.15) is 0 Å². The van der Waals surface area contributed by atoms with E-state index in [-0.39, 0.29) is 11.8 Å². The molecule has 0 bridgehead atoms. The summed E-state index contributed by atoms with van der Waals surface area (Å²) in [6.07, 6.45) is 0. The van der Waals surface area contributed by atoms with Crippen molar-refractivity contribution < 1.29 is 9.13 Å². The van der Waals surface area contributed by atoms with Gasteiger partial charge in [0, 0.05) is 16.1 Å². The van der Waals surface area contributed by atoms with Crippen molar-refractivity contribution in [2.75, 3.05) is 0 Å². The quantitative estimate of drug-likeness (QED) is 0.887. The molecule has 2 N–H and O–H groups in total. The van der Waals surface area contributed by atoms with E-state index >= 15 is 0 Å². The molecular weight excluding hydrogens is 309 g/mol. The number of nitrogens with two attached hydrogens (primary N) is 1. The molecule has 2 aromatic carbocycles. The van der Waals surface area contributed by atoms with Gasteiger partial charge in [0.25, 0.3) is 0 Å². The van der Waals surface area contributed by atoms with Crippen molar-refractivity contribution in [1.82, 2.24) is 0 Å². The molecule has 0 heterocycles. The van der Waals surface area contributed by atoms with Crippen LogP contribution in [0.3, 0.4) is 0 Å². The first-order chi connectivity index (χ1) is 8.99. The molecule has 19 heavy (non-hydrogen) atoms. The highest BCUT2D eigenvalue weighted by Crippen LogP contribution is 2.32. The van der Waals surface area contributed by atoms with Crippen molar-refractivity contribution in [2.24, 2.45) is 5.73 Å². The molecule has 1 unspecified atom stereocenters. The van der Waals surface area contributed by atoms with E-state index in [0.29, 0.717) is 11.3 Å². The lowest BCUT2D eigenvalue weighted by molar-refractivity contribution is 0.432. The second-order valence-corrected chi connectivity index (χ2v) is 5.31. The molecule has 0 amide bonds. The molecule has 0 saturated heterocycles. The highest BCUT2D eigenvalue weighted by atomic mass is 79.9. The van der Waals surface area contributed by atoms with Gasteiger partial charge in [0.1, 0.15) is 5.75 Å². The third kappa shape index (κ3) is 3.14. The van der Waals surface area contributed by atoms with Crippen molar-refractivity contribution in [3.05, 3.63) is 57.8 Å². The number of para-hydroxylation sites is 1. The van der Waals surface area contributed by atoms with Gasteiger partial charge in [-0.05, 0) is 43.7 Å². The Morgan fingerprint density at radius 2 is 2.00 bits per heavy atom. The molecule has 1 atom stereocenters. The van der Waals surface area contributed by atoms with Crippen LogP contribution in [0.25, 0.3) is 0 Å². The highest BCUT2D eigenvalue weighted by Gasteiger charge is 2.14. The Morgan fingerprint density at radius 3 is 2.63 bits per heavy atom. The molecule has 0 aliphatic rings. The van der Waals surface area contributed by atoms with Crippen LogP contribution in [0.5, 0.6) is 11.5 Å². The van der Waals surface area contributed by atoms with Gasteiger partial charge in [0.15, 0.2) is 11.6 Å². The van der Waals surface area contributed by atoms with Crippen LogP contribution in [-0.4, -0.2) is 0 Å². The Hall–Kier alpha value is -1.39. The molecule has 0 spiro atoms. The third-order valence-electron chi connectivity index (χ3n) is 2.84. The second-order valence-electron chi connectivity index (χ2n) is 4.46. The topological polar surface area (TPSA) is 35.2 Å². The summed E-state index contributed by atoms with van der Waals surface area (Å²) in [7, 11) is 0. The summed E-state index contributed by atoms with van der Waals surface area (Å²) in [5, 5.41) is 0. The standard InChI is InChI=1S/C15H15BrFNO/c1-9-8-11(6-7-13(9)16)19-15-12(10(2)18)4-3-5-14(15)17/h3-8,10H,18H2,1-2H3. The maximum absolute atomic E-state index is 13.9. The SMILES string of the molecule is Cc1cc(Oc2c(F)cccc2C(C)N)ccc1Br. The van der Waals surface area contributed by atoms with E-state index < -0.39 is 5.82 Å². The number of benzene rings is 2. The molecule has 0 radical (unpaired) electrons. The van der Waals surface area contributed by atoms with Gasteiger partial charge in [0.2, 0.25) is 0 Å². The van der Waals surface area contributed by atoms with E-state index in [2.05, 4.69) is 15.9 Å². The van der Waals surface area contributed by atoms with E-state index in [1.54, 1.807) is 25.1 Å². The predicted octanol–water partition coefficient (Wildman–Crippen LogP) is 4.71. The molecule has 0 aromatic heterocycles. The monoisotopic (exact) mass is 323 g/mol. The largest absolute Gasteiger partial charge is 0.454 e. The maximum Gasteiger partial charge on any atom is 0.167 e. The van der Waals surface area contributed by atoms with Crippen molar-refractivity contribution >= 4 is 15.9 Å². The summed E-state index contributed by atoms with van der Waals surface area (Å²) in [5.74, 6) is 0.377. The molecule has 2 aromatic rings. The lowest BCUT2D eigenvalue weighted by atomic mass is 10.1. The normalized spacial score (nSPS) is 12.3. The van der Waals surface area contributed by atoms with Crippen molar-refractivity contribution in [2.45, 2.75) is 19.9 Å². The summed E-state index contributed by atoms with van der Waals surface area (Å²) in [5.41, 5.74) is 7.51. The zero-order valence-corrected chi connectivity index (χ0v) is 12.4. The molecule has 100 valence electrons. The second kappa shape index (κ2) is 5.72. The minimum absolute atomic E-state index is 0.194. The van der Waals surface area contributed by atoms with Gasteiger partial charge >= 0.3 is 0 Å². The van der Waals surface area contributed by atoms with Gasteiger partial charge < -0.3 is 10.5 Å². The van der Waals surface area contributed by atoms with Gasteiger partial charge in [0.05, 0.1) is 0 Å². The lowest BCUT2D eigenvalue weighted by Gasteiger charge is -2.15. The summed E-state index contributed by atoms with van der Waals surface area (Å²) in [6.45, 7) is 3.75. The maximum atomic E-state index is 13.9. The van der Waals surface area contributed by atoms with Crippen LogP contribution < -0.4 is 10.5 Å². The Labute approximate surface area is 120 Å². The summed E-state index contributed by atoms with van der Waals surface area (Å²) in [4.78, 5) is 0. The van der Waals surface area contributed by atoms with Crippen LogP contribution >= 0.6 is 15.9 Å². The number of hydrogen-bond donors (Lipinski definition) is 1. The lowest BCUT2D eigenvalue weighted by Crippen LogP contribution is -2.07. The van der Waals surface area contributed by atoms with Crippen LogP contribution in [0.2, 0.25) is 0 Å². The van der Waals surface area contributed by atoms with E-state index in [0.717, 1.165) is 10.0 Å². The summed E-state index contributed by atoms with van der Waals surface area (Å²) in [6, 6.07) is 9.99. The molecule has 2 nitrogen and oxygen atoms in total. The fourth-order valence-electron chi connectivity index (χ4n) is 1.79. The Morgan fingerprint density at radius 1 is 1.26 bits per heavy atom. The van der Waals surface area contributed by atoms with E-state index in [9.17, 15) is 4.39 Å². The number of hydrogen-bond acceptors (Lipinski definition) is 2. The highest BCUT2D eigenvalue weighted by molar-refractivity contribution is 9.10. The predicted molar refractivity (Wildman–Crippen MR) is 78.0 cm³/mol. The fraction of sp³-hybridized carbons (Fsp3) is 0.200. The number of halogens is 2. The van der Waals surface area contributed by atoms with Crippen molar-refractivity contribution in [3.63, 3.8) is 0 Å². The van der Waals surface area contributed by atoms with Gasteiger partial charge in [-0.25, -0.2) is 4.39 Å².